The Balaban J connectivity index is 2.31. The summed E-state index contributed by atoms with van der Waals surface area (Å²) >= 11 is 0. The highest BCUT2D eigenvalue weighted by Gasteiger charge is 2.33. The zero-order valence-electron chi connectivity index (χ0n) is 10.4. The van der Waals surface area contributed by atoms with Crippen LogP contribution < -0.4 is 0 Å². The highest BCUT2D eigenvalue weighted by molar-refractivity contribution is 5.69. The number of aliphatic hydroxyl groups excluding tert-OH is 1. The molecule has 0 aromatic heterocycles. The van der Waals surface area contributed by atoms with Gasteiger partial charge in [0.15, 0.2) is 0 Å². The van der Waals surface area contributed by atoms with Gasteiger partial charge in [0.05, 0.1) is 6.61 Å². The number of aliphatic hydroxyl groups is 1. The third-order valence-corrected chi connectivity index (χ3v) is 3.62. The first-order chi connectivity index (χ1) is 7.71. The Morgan fingerprint density at radius 3 is 2.50 bits per heavy atom. The van der Waals surface area contributed by atoms with E-state index in [1.54, 1.807) is 0 Å². The van der Waals surface area contributed by atoms with Crippen LogP contribution in [0.15, 0.2) is 0 Å². The standard InChI is InChI=1S/C13H24O3/c1-3-5-16-13(15)8-10-6-11(4-2)12(7-10)9-14/h10-12,14H,3-9H2,1-2H3/t10-,11-,12-/m1/s1. The van der Waals surface area contributed by atoms with Gasteiger partial charge in [0.25, 0.3) is 0 Å². The number of esters is 1. The zero-order chi connectivity index (χ0) is 12.0. The molecule has 0 unspecified atom stereocenters. The number of rotatable bonds is 6. The first kappa shape index (κ1) is 13.5. The van der Waals surface area contributed by atoms with E-state index in [2.05, 4.69) is 6.92 Å². The molecule has 3 heteroatoms. The maximum Gasteiger partial charge on any atom is 0.306 e. The van der Waals surface area contributed by atoms with E-state index in [1.807, 2.05) is 6.92 Å². The minimum Gasteiger partial charge on any atom is -0.466 e. The van der Waals surface area contributed by atoms with Crippen molar-refractivity contribution in [2.75, 3.05) is 13.2 Å². The van der Waals surface area contributed by atoms with Crippen LogP contribution in [0.4, 0.5) is 0 Å². The van der Waals surface area contributed by atoms with Crippen molar-refractivity contribution in [3.8, 4) is 0 Å². The Hall–Kier alpha value is -0.570. The molecule has 1 N–H and O–H groups in total. The Morgan fingerprint density at radius 1 is 1.31 bits per heavy atom. The Labute approximate surface area is 98.2 Å². The van der Waals surface area contributed by atoms with Gasteiger partial charge in [0.2, 0.25) is 0 Å². The number of hydrogen-bond donors (Lipinski definition) is 1. The molecule has 1 aliphatic rings. The van der Waals surface area contributed by atoms with Gasteiger partial charge in [-0.15, -0.1) is 0 Å². The predicted molar refractivity (Wildman–Crippen MR) is 62.9 cm³/mol. The van der Waals surface area contributed by atoms with Gasteiger partial charge in [0, 0.05) is 13.0 Å². The lowest BCUT2D eigenvalue weighted by molar-refractivity contribution is -0.144. The molecule has 3 atom stereocenters. The second-order valence-corrected chi connectivity index (χ2v) is 4.87. The number of carbonyl (C=O) groups is 1. The second-order valence-electron chi connectivity index (χ2n) is 4.87. The van der Waals surface area contributed by atoms with Gasteiger partial charge >= 0.3 is 5.97 Å². The summed E-state index contributed by atoms with van der Waals surface area (Å²) in [4.78, 5) is 11.5. The van der Waals surface area contributed by atoms with Gasteiger partial charge in [-0.3, -0.25) is 4.79 Å². The van der Waals surface area contributed by atoms with Crippen LogP contribution in [0.5, 0.6) is 0 Å². The molecule has 1 aliphatic carbocycles. The van der Waals surface area contributed by atoms with Gasteiger partial charge in [-0.1, -0.05) is 20.3 Å². The predicted octanol–water partition coefficient (Wildman–Crippen LogP) is 2.37. The van der Waals surface area contributed by atoms with Crippen molar-refractivity contribution in [2.24, 2.45) is 17.8 Å². The normalized spacial score (nSPS) is 29.3. The van der Waals surface area contributed by atoms with Crippen LogP contribution >= 0.6 is 0 Å². The van der Waals surface area contributed by atoms with E-state index in [0.717, 1.165) is 25.7 Å². The van der Waals surface area contributed by atoms with E-state index < -0.39 is 0 Å². The summed E-state index contributed by atoms with van der Waals surface area (Å²) < 4.78 is 5.09. The van der Waals surface area contributed by atoms with Crippen molar-refractivity contribution < 1.29 is 14.6 Å². The van der Waals surface area contributed by atoms with Gasteiger partial charge in [-0.2, -0.15) is 0 Å². The van der Waals surface area contributed by atoms with Gasteiger partial charge < -0.3 is 9.84 Å². The first-order valence-corrected chi connectivity index (χ1v) is 6.47. The number of ether oxygens (including phenoxy) is 1. The summed E-state index contributed by atoms with van der Waals surface area (Å²) in [5, 5.41) is 9.24. The summed E-state index contributed by atoms with van der Waals surface area (Å²) in [6, 6.07) is 0. The lowest BCUT2D eigenvalue weighted by Crippen LogP contribution is -2.11. The van der Waals surface area contributed by atoms with E-state index >= 15 is 0 Å². The van der Waals surface area contributed by atoms with Crippen LogP contribution in [0, 0.1) is 17.8 Å². The van der Waals surface area contributed by atoms with Crippen molar-refractivity contribution in [1.82, 2.24) is 0 Å². The molecule has 94 valence electrons. The van der Waals surface area contributed by atoms with Crippen molar-refractivity contribution in [3.05, 3.63) is 0 Å². The second kappa shape index (κ2) is 6.89. The molecule has 16 heavy (non-hydrogen) atoms. The Bertz CT molecular complexity index is 203. The molecule has 1 rings (SSSR count). The summed E-state index contributed by atoms with van der Waals surface area (Å²) in [7, 11) is 0. The zero-order valence-corrected chi connectivity index (χ0v) is 10.4. The molecule has 0 aromatic carbocycles. The molecule has 0 spiro atoms. The molecule has 0 aliphatic heterocycles. The topological polar surface area (TPSA) is 46.5 Å². The lowest BCUT2D eigenvalue weighted by Gasteiger charge is -2.13. The molecule has 0 bridgehead atoms. The van der Waals surface area contributed by atoms with Crippen molar-refractivity contribution in [3.63, 3.8) is 0 Å². The largest absolute Gasteiger partial charge is 0.466 e. The molecule has 0 heterocycles. The highest BCUT2D eigenvalue weighted by Crippen LogP contribution is 2.39. The Morgan fingerprint density at radius 2 is 2.00 bits per heavy atom. The van der Waals surface area contributed by atoms with Crippen LogP contribution in [0.2, 0.25) is 0 Å². The molecular formula is C13H24O3. The average Bonchev–Trinajstić information content (AvgIpc) is 2.68. The van der Waals surface area contributed by atoms with E-state index in [1.165, 1.54) is 0 Å². The van der Waals surface area contributed by atoms with Crippen LogP contribution in [0.3, 0.4) is 0 Å². The lowest BCUT2D eigenvalue weighted by atomic mass is 9.95. The quantitative estimate of drug-likeness (QED) is 0.710. The number of hydrogen-bond acceptors (Lipinski definition) is 3. The molecular weight excluding hydrogens is 204 g/mol. The third-order valence-electron chi connectivity index (χ3n) is 3.62. The average molecular weight is 228 g/mol. The molecule has 1 fully saturated rings. The first-order valence-electron chi connectivity index (χ1n) is 6.47. The number of carbonyl (C=O) groups excluding carboxylic acids is 1. The van der Waals surface area contributed by atoms with Gasteiger partial charge in [-0.05, 0) is 37.0 Å². The van der Waals surface area contributed by atoms with Crippen molar-refractivity contribution in [1.29, 1.82) is 0 Å². The highest BCUT2D eigenvalue weighted by atomic mass is 16.5. The van der Waals surface area contributed by atoms with Crippen molar-refractivity contribution >= 4 is 5.97 Å². The van der Waals surface area contributed by atoms with Crippen LogP contribution in [-0.4, -0.2) is 24.3 Å². The maximum atomic E-state index is 11.5. The molecule has 3 nitrogen and oxygen atoms in total. The van der Waals surface area contributed by atoms with Gasteiger partial charge in [-0.25, -0.2) is 0 Å². The van der Waals surface area contributed by atoms with E-state index in [9.17, 15) is 9.90 Å². The van der Waals surface area contributed by atoms with Gasteiger partial charge in [0.1, 0.15) is 0 Å². The molecule has 0 radical (unpaired) electrons. The summed E-state index contributed by atoms with van der Waals surface area (Å²) in [6.45, 7) is 4.95. The summed E-state index contributed by atoms with van der Waals surface area (Å²) in [5.41, 5.74) is 0. The van der Waals surface area contributed by atoms with E-state index in [0.29, 0.717) is 30.8 Å². The summed E-state index contributed by atoms with van der Waals surface area (Å²) in [6.07, 6.45) is 4.57. The van der Waals surface area contributed by atoms with E-state index in [4.69, 9.17) is 4.74 Å². The molecule has 0 saturated heterocycles. The monoisotopic (exact) mass is 228 g/mol. The minimum absolute atomic E-state index is 0.0692. The van der Waals surface area contributed by atoms with Crippen LogP contribution in [0.25, 0.3) is 0 Å². The fourth-order valence-electron chi connectivity index (χ4n) is 2.74. The van der Waals surface area contributed by atoms with E-state index in [-0.39, 0.29) is 12.6 Å². The Kier molecular flexibility index (Phi) is 5.81. The fourth-order valence-corrected chi connectivity index (χ4v) is 2.74. The smallest absolute Gasteiger partial charge is 0.306 e. The molecule has 1 saturated carbocycles. The summed E-state index contributed by atoms with van der Waals surface area (Å²) in [5.74, 6) is 1.34. The van der Waals surface area contributed by atoms with Crippen molar-refractivity contribution in [2.45, 2.75) is 46.0 Å². The SMILES string of the molecule is CCCOC(=O)C[C@@H]1C[C@@H](CC)[C@@H](CO)C1. The third kappa shape index (κ3) is 3.78. The molecule has 0 amide bonds. The maximum absolute atomic E-state index is 11.5. The molecule has 0 aromatic rings. The fraction of sp³-hybridized carbons (Fsp3) is 0.923. The van der Waals surface area contributed by atoms with Crippen LogP contribution in [-0.2, 0) is 9.53 Å². The minimum atomic E-state index is -0.0692. The van der Waals surface area contributed by atoms with Crippen LogP contribution in [0.1, 0.15) is 46.0 Å².